The first kappa shape index (κ1) is 22.7. The smallest absolute Gasteiger partial charge is 0.274 e. The van der Waals surface area contributed by atoms with E-state index in [0.717, 1.165) is 69.1 Å². The SMILES string of the molecule is O=C(Nc1cncnc1OC1CCCCNCC1)c1ccc(F)c(-c2c(F)cccc2F)n1. The molecule has 0 aliphatic carbocycles. The van der Waals surface area contributed by atoms with Gasteiger partial charge in [-0.15, -0.1) is 0 Å². The first-order chi connectivity index (χ1) is 16.0. The zero-order valence-corrected chi connectivity index (χ0v) is 17.7. The molecule has 1 amide bonds. The molecule has 2 N–H and O–H groups in total. The molecule has 1 aliphatic rings. The van der Waals surface area contributed by atoms with E-state index in [1.54, 1.807) is 0 Å². The second kappa shape index (κ2) is 10.4. The number of pyridine rings is 1. The summed E-state index contributed by atoms with van der Waals surface area (Å²) in [5, 5.41) is 5.92. The molecule has 3 heterocycles. The van der Waals surface area contributed by atoms with Gasteiger partial charge in [0.25, 0.3) is 5.91 Å². The van der Waals surface area contributed by atoms with E-state index in [1.165, 1.54) is 12.5 Å². The van der Waals surface area contributed by atoms with E-state index in [1.807, 2.05) is 0 Å². The molecular weight excluding hydrogens is 435 g/mol. The number of carbonyl (C=O) groups is 1. The number of hydrogen-bond acceptors (Lipinski definition) is 6. The van der Waals surface area contributed by atoms with Gasteiger partial charge in [-0.25, -0.2) is 23.1 Å². The Morgan fingerprint density at radius 2 is 1.85 bits per heavy atom. The molecular formula is C23H22F3N5O2. The van der Waals surface area contributed by atoms with Crippen LogP contribution in [0.1, 0.15) is 36.2 Å². The van der Waals surface area contributed by atoms with Crippen molar-refractivity contribution < 1.29 is 22.7 Å². The molecule has 0 radical (unpaired) electrons. The summed E-state index contributed by atoms with van der Waals surface area (Å²) >= 11 is 0. The summed E-state index contributed by atoms with van der Waals surface area (Å²) in [7, 11) is 0. The van der Waals surface area contributed by atoms with Crippen LogP contribution in [0.2, 0.25) is 0 Å². The summed E-state index contributed by atoms with van der Waals surface area (Å²) in [6.45, 7) is 1.79. The Balaban J connectivity index is 1.56. The van der Waals surface area contributed by atoms with Crippen molar-refractivity contribution in [3.8, 4) is 17.1 Å². The van der Waals surface area contributed by atoms with Crippen LogP contribution >= 0.6 is 0 Å². The lowest BCUT2D eigenvalue weighted by atomic mass is 10.1. The molecule has 3 aromatic rings. The average Bonchev–Trinajstić information content (AvgIpc) is 2.77. The first-order valence-electron chi connectivity index (χ1n) is 10.6. The number of aromatic nitrogens is 3. The van der Waals surface area contributed by atoms with E-state index in [-0.39, 0.29) is 23.4 Å². The van der Waals surface area contributed by atoms with Crippen LogP contribution in [0.25, 0.3) is 11.3 Å². The van der Waals surface area contributed by atoms with Crippen LogP contribution < -0.4 is 15.4 Å². The van der Waals surface area contributed by atoms with E-state index in [9.17, 15) is 18.0 Å². The molecule has 33 heavy (non-hydrogen) atoms. The monoisotopic (exact) mass is 457 g/mol. The molecule has 1 fully saturated rings. The second-order valence-electron chi connectivity index (χ2n) is 7.59. The predicted octanol–water partition coefficient (Wildman–Crippen LogP) is 4.12. The number of nitrogens with one attached hydrogen (secondary N) is 2. The largest absolute Gasteiger partial charge is 0.473 e. The Kier molecular flexibility index (Phi) is 7.13. The van der Waals surface area contributed by atoms with Crippen LogP contribution in [0.4, 0.5) is 18.9 Å². The lowest BCUT2D eigenvalue weighted by Crippen LogP contribution is -2.28. The highest BCUT2D eigenvalue weighted by Gasteiger charge is 2.21. The molecule has 10 heteroatoms. The van der Waals surface area contributed by atoms with Crippen LogP contribution in [0, 0.1) is 17.5 Å². The zero-order chi connectivity index (χ0) is 23.2. The number of carbonyl (C=O) groups excluding carboxylic acids is 1. The summed E-state index contributed by atoms with van der Waals surface area (Å²) < 4.78 is 48.6. The van der Waals surface area contributed by atoms with Crippen LogP contribution in [0.3, 0.4) is 0 Å². The van der Waals surface area contributed by atoms with Gasteiger partial charge in [-0.3, -0.25) is 4.79 Å². The molecule has 1 atom stereocenters. The number of ether oxygens (including phenoxy) is 1. The van der Waals surface area contributed by atoms with E-state index in [4.69, 9.17) is 4.74 Å². The third kappa shape index (κ3) is 5.46. The number of hydrogen-bond donors (Lipinski definition) is 2. The molecule has 4 rings (SSSR count). The summed E-state index contributed by atoms with van der Waals surface area (Å²) in [6, 6.07) is 5.19. The standard InChI is InChI=1S/C23H22F3N5O2/c24-15-5-3-6-16(25)20(15)21-17(26)7-8-18(30-21)22(32)31-19-12-28-13-29-23(19)33-14-4-1-2-10-27-11-9-14/h3,5-8,12-14,27H,1-2,4,9-11H2,(H,31,32). The van der Waals surface area contributed by atoms with Crippen molar-refractivity contribution in [1.82, 2.24) is 20.3 Å². The van der Waals surface area contributed by atoms with E-state index >= 15 is 0 Å². The fraction of sp³-hybridized carbons (Fsp3) is 0.304. The Bertz CT molecular complexity index is 1120. The van der Waals surface area contributed by atoms with Crippen LogP contribution in [-0.2, 0) is 0 Å². The van der Waals surface area contributed by atoms with E-state index in [0.29, 0.717) is 0 Å². The number of nitrogens with zero attached hydrogens (tertiary/aromatic N) is 3. The summed E-state index contributed by atoms with van der Waals surface area (Å²) in [6.07, 6.45) is 6.30. The van der Waals surface area contributed by atoms with Gasteiger partial charge in [-0.1, -0.05) is 6.07 Å². The number of halogens is 3. The van der Waals surface area contributed by atoms with Crippen molar-refractivity contribution in [3.63, 3.8) is 0 Å². The van der Waals surface area contributed by atoms with Crippen molar-refractivity contribution in [3.05, 3.63) is 66.0 Å². The first-order valence-corrected chi connectivity index (χ1v) is 10.6. The summed E-state index contributed by atoms with van der Waals surface area (Å²) in [5.41, 5.74) is -1.27. The molecule has 1 aromatic carbocycles. The Morgan fingerprint density at radius 1 is 1.03 bits per heavy atom. The minimum atomic E-state index is -0.986. The van der Waals surface area contributed by atoms with Gasteiger partial charge in [0, 0.05) is 0 Å². The number of benzene rings is 1. The summed E-state index contributed by atoms with van der Waals surface area (Å²) in [4.78, 5) is 24.7. The minimum absolute atomic E-state index is 0.0806. The molecule has 172 valence electrons. The molecule has 1 unspecified atom stereocenters. The molecule has 0 bridgehead atoms. The van der Waals surface area contributed by atoms with Crippen molar-refractivity contribution in [2.75, 3.05) is 18.4 Å². The topological polar surface area (TPSA) is 89.0 Å². The van der Waals surface area contributed by atoms with Gasteiger partial charge in [0.05, 0.1) is 11.8 Å². The molecule has 7 nitrogen and oxygen atoms in total. The molecule has 1 saturated heterocycles. The normalized spacial score (nSPS) is 16.5. The third-order valence-electron chi connectivity index (χ3n) is 5.25. The number of amides is 1. The highest BCUT2D eigenvalue weighted by atomic mass is 19.1. The Labute approximate surface area is 188 Å². The van der Waals surface area contributed by atoms with Crippen molar-refractivity contribution in [2.45, 2.75) is 31.8 Å². The Morgan fingerprint density at radius 3 is 2.67 bits per heavy atom. The predicted molar refractivity (Wildman–Crippen MR) is 115 cm³/mol. The van der Waals surface area contributed by atoms with E-state index < -0.39 is 34.6 Å². The number of rotatable bonds is 5. The molecule has 1 aliphatic heterocycles. The zero-order valence-electron chi connectivity index (χ0n) is 17.7. The lowest BCUT2D eigenvalue weighted by molar-refractivity contribution is 0.102. The van der Waals surface area contributed by atoms with Crippen LogP contribution in [0.5, 0.6) is 5.88 Å². The van der Waals surface area contributed by atoms with Crippen molar-refractivity contribution in [1.29, 1.82) is 0 Å². The van der Waals surface area contributed by atoms with Crippen molar-refractivity contribution >= 4 is 11.6 Å². The average molecular weight is 457 g/mol. The highest BCUT2D eigenvalue weighted by Crippen LogP contribution is 2.28. The Hall–Kier alpha value is -3.53. The molecule has 0 spiro atoms. The maximum absolute atomic E-state index is 14.3. The van der Waals surface area contributed by atoms with Gasteiger partial charge >= 0.3 is 0 Å². The fourth-order valence-corrected chi connectivity index (χ4v) is 3.58. The maximum atomic E-state index is 14.3. The minimum Gasteiger partial charge on any atom is -0.473 e. The molecule has 2 aromatic heterocycles. The van der Waals surface area contributed by atoms with Gasteiger partial charge in [-0.2, -0.15) is 4.98 Å². The van der Waals surface area contributed by atoms with Gasteiger partial charge in [0.2, 0.25) is 5.88 Å². The number of anilines is 1. The summed E-state index contributed by atoms with van der Waals surface area (Å²) in [5.74, 6) is -3.46. The third-order valence-corrected chi connectivity index (χ3v) is 5.25. The van der Waals surface area contributed by atoms with Gasteiger partial charge in [0.1, 0.15) is 47.0 Å². The van der Waals surface area contributed by atoms with Crippen LogP contribution in [-0.4, -0.2) is 40.1 Å². The van der Waals surface area contributed by atoms with E-state index in [2.05, 4.69) is 25.6 Å². The van der Waals surface area contributed by atoms with Crippen molar-refractivity contribution in [2.24, 2.45) is 0 Å². The molecule has 0 saturated carbocycles. The quantitative estimate of drug-likeness (QED) is 0.599. The van der Waals surface area contributed by atoms with Gasteiger partial charge in [-0.05, 0) is 63.0 Å². The van der Waals surface area contributed by atoms with Gasteiger partial charge in [0.15, 0.2) is 0 Å². The second-order valence-corrected chi connectivity index (χ2v) is 7.59. The highest BCUT2D eigenvalue weighted by molar-refractivity contribution is 6.03. The van der Waals surface area contributed by atoms with Gasteiger partial charge < -0.3 is 15.4 Å². The van der Waals surface area contributed by atoms with Crippen LogP contribution in [0.15, 0.2) is 42.9 Å². The lowest BCUT2D eigenvalue weighted by Gasteiger charge is -2.22. The maximum Gasteiger partial charge on any atom is 0.274 e. The fourth-order valence-electron chi connectivity index (χ4n) is 3.58.